The van der Waals surface area contributed by atoms with E-state index in [1.807, 2.05) is 48.5 Å². The van der Waals surface area contributed by atoms with Crippen molar-refractivity contribution in [3.8, 4) is 5.75 Å². The SMILES string of the molecule is O=C(Nc1ccc(Br)cc1)c1cccc(Cc2ccccc2)c1O. The predicted octanol–water partition coefficient (Wildman–Crippen LogP) is 5.00. The molecule has 0 bridgehead atoms. The quantitative estimate of drug-likeness (QED) is 0.667. The molecule has 1 amide bonds. The van der Waals surface area contributed by atoms with E-state index >= 15 is 0 Å². The third-order valence-corrected chi connectivity index (χ3v) is 4.23. The maximum Gasteiger partial charge on any atom is 0.259 e. The molecule has 0 saturated carbocycles. The van der Waals surface area contributed by atoms with E-state index in [0.717, 1.165) is 15.6 Å². The van der Waals surface area contributed by atoms with Gasteiger partial charge in [-0.2, -0.15) is 0 Å². The highest BCUT2D eigenvalue weighted by Crippen LogP contribution is 2.26. The fourth-order valence-electron chi connectivity index (χ4n) is 2.46. The normalized spacial score (nSPS) is 10.4. The largest absolute Gasteiger partial charge is 0.507 e. The maximum atomic E-state index is 12.4. The van der Waals surface area contributed by atoms with E-state index in [2.05, 4.69) is 21.2 Å². The van der Waals surface area contributed by atoms with E-state index in [9.17, 15) is 9.90 Å². The predicted molar refractivity (Wildman–Crippen MR) is 99.5 cm³/mol. The molecule has 3 nitrogen and oxygen atoms in total. The Balaban J connectivity index is 1.82. The van der Waals surface area contributed by atoms with Gasteiger partial charge in [0.1, 0.15) is 5.75 Å². The standard InChI is InChI=1S/C20H16BrNO2/c21-16-9-11-17(12-10-16)22-20(24)18-8-4-7-15(19(18)23)13-14-5-2-1-3-6-14/h1-12,23H,13H2,(H,22,24). The van der Waals surface area contributed by atoms with Gasteiger partial charge in [0.05, 0.1) is 5.56 Å². The Kier molecular flexibility index (Phi) is 4.96. The number of carbonyl (C=O) groups excluding carboxylic acids is 1. The number of hydrogen-bond donors (Lipinski definition) is 2. The zero-order chi connectivity index (χ0) is 16.9. The highest BCUT2D eigenvalue weighted by atomic mass is 79.9. The average Bonchev–Trinajstić information content (AvgIpc) is 2.60. The zero-order valence-corrected chi connectivity index (χ0v) is 14.5. The second kappa shape index (κ2) is 7.32. The van der Waals surface area contributed by atoms with Crippen molar-refractivity contribution < 1.29 is 9.90 Å². The summed E-state index contributed by atoms with van der Waals surface area (Å²) in [7, 11) is 0. The molecule has 0 saturated heterocycles. The Labute approximate surface area is 149 Å². The minimum atomic E-state index is -0.329. The summed E-state index contributed by atoms with van der Waals surface area (Å²) in [6.45, 7) is 0. The van der Waals surface area contributed by atoms with Gasteiger partial charge >= 0.3 is 0 Å². The summed E-state index contributed by atoms with van der Waals surface area (Å²) in [6.07, 6.45) is 0.575. The van der Waals surface area contributed by atoms with Gasteiger partial charge in [-0.25, -0.2) is 0 Å². The van der Waals surface area contributed by atoms with Crippen molar-refractivity contribution in [3.63, 3.8) is 0 Å². The molecule has 3 aromatic carbocycles. The Hall–Kier alpha value is -2.59. The van der Waals surface area contributed by atoms with E-state index in [1.54, 1.807) is 24.3 Å². The highest BCUT2D eigenvalue weighted by Gasteiger charge is 2.14. The molecular weight excluding hydrogens is 366 g/mol. The van der Waals surface area contributed by atoms with E-state index in [1.165, 1.54) is 0 Å². The number of hydrogen-bond acceptors (Lipinski definition) is 2. The van der Waals surface area contributed by atoms with Crippen molar-refractivity contribution in [2.24, 2.45) is 0 Å². The van der Waals surface area contributed by atoms with E-state index < -0.39 is 0 Å². The lowest BCUT2D eigenvalue weighted by Crippen LogP contribution is -2.12. The van der Waals surface area contributed by atoms with Crippen molar-refractivity contribution in [2.45, 2.75) is 6.42 Å². The second-order valence-electron chi connectivity index (χ2n) is 5.44. The van der Waals surface area contributed by atoms with Crippen LogP contribution in [0.2, 0.25) is 0 Å². The van der Waals surface area contributed by atoms with Crippen molar-refractivity contribution in [3.05, 3.63) is 94.0 Å². The summed E-state index contributed by atoms with van der Waals surface area (Å²) in [6, 6.07) is 22.4. The molecule has 0 radical (unpaired) electrons. The van der Waals surface area contributed by atoms with Crippen LogP contribution >= 0.6 is 15.9 Å². The van der Waals surface area contributed by atoms with Gasteiger partial charge in [0, 0.05) is 16.6 Å². The summed E-state index contributed by atoms with van der Waals surface area (Å²) >= 11 is 3.36. The molecule has 24 heavy (non-hydrogen) atoms. The third kappa shape index (κ3) is 3.84. The maximum absolute atomic E-state index is 12.4. The monoisotopic (exact) mass is 381 g/mol. The van der Waals surface area contributed by atoms with Gasteiger partial charge in [0.2, 0.25) is 0 Å². The van der Waals surface area contributed by atoms with Gasteiger partial charge in [0.25, 0.3) is 5.91 Å². The van der Waals surface area contributed by atoms with Crippen LogP contribution < -0.4 is 5.32 Å². The van der Waals surface area contributed by atoms with Crippen LogP contribution in [0.3, 0.4) is 0 Å². The number of benzene rings is 3. The minimum Gasteiger partial charge on any atom is -0.507 e. The first-order chi connectivity index (χ1) is 11.6. The van der Waals surface area contributed by atoms with Crippen molar-refractivity contribution in [1.29, 1.82) is 0 Å². The molecule has 0 aliphatic rings. The van der Waals surface area contributed by atoms with Gasteiger partial charge in [0.15, 0.2) is 0 Å². The average molecular weight is 382 g/mol. The molecule has 0 heterocycles. The molecule has 0 unspecified atom stereocenters. The van der Waals surface area contributed by atoms with Crippen molar-refractivity contribution >= 4 is 27.5 Å². The van der Waals surface area contributed by atoms with Crippen LogP contribution in [-0.4, -0.2) is 11.0 Å². The van der Waals surface area contributed by atoms with Gasteiger partial charge in [-0.15, -0.1) is 0 Å². The van der Waals surface area contributed by atoms with Crippen molar-refractivity contribution in [1.82, 2.24) is 0 Å². The summed E-state index contributed by atoms with van der Waals surface area (Å²) in [5.74, 6) is -0.305. The number of carbonyl (C=O) groups is 1. The number of anilines is 1. The number of nitrogens with one attached hydrogen (secondary N) is 1. The molecular formula is C20H16BrNO2. The molecule has 0 atom stereocenters. The lowest BCUT2D eigenvalue weighted by Gasteiger charge is -2.11. The minimum absolute atomic E-state index is 0.0240. The van der Waals surface area contributed by atoms with Crippen LogP contribution in [0.25, 0.3) is 0 Å². The molecule has 2 N–H and O–H groups in total. The van der Waals surface area contributed by atoms with Gasteiger partial charge < -0.3 is 10.4 Å². The van der Waals surface area contributed by atoms with Crippen LogP contribution in [0.5, 0.6) is 5.75 Å². The zero-order valence-electron chi connectivity index (χ0n) is 12.9. The van der Waals surface area contributed by atoms with E-state index in [4.69, 9.17) is 0 Å². The fourth-order valence-corrected chi connectivity index (χ4v) is 2.73. The molecule has 120 valence electrons. The lowest BCUT2D eigenvalue weighted by atomic mass is 10.0. The van der Waals surface area contributed by atoms with Gasteiger partial charge in [-0.1, -0.05) is 58.4 Å². The van der Waals surface area contributed by atoms with E-state index in [0.29, 0.717) is 12.1 Å². The van der Waals surface area contributed by atoms with Crippen LogP contribution in [-0.2, 0) is 6.42 Å². The molecule has 0 aromatic heterocycles. The Morgan fingerprint density at radius 3 is 2.33 bits per heavy atom. The van der Waals surface area contributed by atoms with Gasteiger partial charge in [-0.05, 0) is 41.5 Å². The second-order valence-corrected chi connectivity index (χ2v) is 6.35. The number of amides is 1. The van der Waals surface area contributed by atoms with Crippen LogP contribution in [0.1, 0.15) is 21.5 Å². The first kappa shape index (κ1) is 16.3. The molecule has 0 spiro atoms. The topological polar surface area (TPSA) is 49.3 Å². The van der Waals surface area contributed by atoms with Crippen LogP contribution in [0.15, 0.2) is 77.3 Å². The Morgan fingerprint density at radius 2 is 1.62 bits per heavy atom. The summed E-state index contributed by atoms with van der Waals surface area (Å²) in [5.41, 5.74) is 2.75. The summed E-state index contributed by atoms with van der Waals surface area (Å²) in [5, 5.41) is 13.3. The number of phenolic OH excluding ortho intramolecular Hbond substituents is 1. The fraction of sp³-hybridized carbons (Fsp3) is 0.0500. The molecule has 0 aliphatic heterocycles. The molecule has 0 aliphatic carbocycles. The number of rotatable bonds is 4. The number of aromatic hydroxyl groups is 1. The van der Waals surface area contributed by atoms with Crippen molar-refractivity contribution in [2.75, 3.05) is 5.32 Å². The smallest absolute Gasteiger partial charge is 0.259 e. The Bertz CT molecular complexity index is 845. The van der Waals surface area contributed by atoms with Crippen LogP contribution in [0, 0.1) is 0 Å². The lowest BCUT2D eigenvalue weighted by molar-refractivity contribution is 0.102. The van der Waals surface area contributed by atoms with Crippen LogP contribution in [0.4, 0.5) is 5.69 Å². The highest BCUT2D eigenvalue weighted by molar-refractivity contribution is 9.10. The molecule has 4 heteroatoms. The summed E-state index contributed by atoms with van der Waals surface area (Å²) in [4.78, 5) is 12.4. The summed E-state index contributed by atoms with van der Waals surface area (Å²) < 4.78 is 0.938. The molecule has 3 rings (SSSR count). The number of phenols is 1. The number of halogens is 1. The number of para-hydroxylation sites is 1. The first-order valence-electron chi connectivity index (χ1n) is 7.55. The first-order valence-corrected chi connectivity index (χ1v) is 8.34. The molecule has 3 aromatic rings. The third-order valence-electron chi connectivity index (χ3n) is 3.70. The molecule has 0 fully saturated rings. The van der Waals surface area contributed by atoms with Gasteiger partial charge in [-0.3, -0.25) is 4.79 Å². The van der Waals surface area contributed by atoms with E-state index in [-0.39, 0.29) is 17.2 Å². The Morgan fingerprint density at radius 1 is 0.917 bits per heavy atom.